The number of nitrogens with zero attached hydrogens (tertiary/aromatic N) is 2. The molecular formula is C26H26N2O4. The summed E-state index contributed by atoms with van der Waals surface area (Å²) >= 11 is 0. The van der Waals surface area contributed by atoms with Gasteiger partial charge in [-0.2, -0.15) is 0 Å². The molecule has 32 heavy (non-hydrogen) atoms. The molecule has 6 heteroatoms. The van der Waals surface area contributed by atoms with Crippen molar-refractivity contribution < 1.29 is 19.1 Å². The zero-order valence-electron chi connectivity index (χ0n) is 18.2. The molecule has 3 heterocycles. The first-order chi connectivity index (χ1) is 15.5. The van der Waals surface area contributed by atoms with Crippen LogP contribution in [0.15, 0.2) is 72.8 Å². The minimum absolute atomic E-state index is 0.187. The van der Waals surface area contributed by atoms with Crippen molar-refractivity contribution in [1.82, 2.24) is 4.90 Å². The molecule has 0 saturated carbocycles. The highest BCUT2D eigenvalue weighted by Gasteiger charge is 2.68. The fraction of sp³-hybridized carbons (Fsp3) is 0.346. The smallest absolute Gasteiger partial charge is 0.410 e. The average Bonchev–Trinajstić information content (AvgIpc) is 3.07. The lowest BCUT2D eigenvalue weighted by molar-refractivity contribution is -0.136. The van der Waals surface area contributed by atoms with E-state index in [1.807, 2.05) is 67.6 Å². The van der Waals surface area contributed by atoms with E-state index in [-0.39, 0.29) is 30.4 Å². The van der Waals surface area contributed by atoms with Gasteiger partial charge in [0.25, 0.3) is 0 Å². The van der Waals surface area contributed by atoms with Crippen LogP contribution in [0, 0.1) is 17.8 Å². The van der Waals surface area contributed by atoms with Crippen LogP contribution < -0.4 is 4.90 Å². The van der Waals surface area contributed by atoms with Gasteiger partial charge in [0.05, 0.1) is 29.7 Å². The van der Waals surface area contributed by atoms with Crippen LogP contribution in [0.3, 0.4) is 0 Å². The first-order valence-corrected chi connectivity index (χ1v) is 11.1. The molecule has 2 fully saturated rings. The first-order valence-electron chi connectivity index (χ1n) is 11.1. The molecule has 164 valence electrons. The number of piperidine rings is 1. The maximum absolute atomic E-state index is 13.9. The Morgan fingerprint density at radius 1 is 1.00 bits per heavy atom. The Kier molecular flexibility index (Phi) is 4.88. The number of carbonyl (C=O) groups is 3. The average molecular weight is 431 g/mol. The molecule has 2 aromatic carbocycles. The molecule has 0 unspecified atom stereocenters. The van der Waals surface area contributed by atoms with Crippen molar-refractivity contribution >= 4 is 23.6 Å². The van der Waals surface area contributed by atoms with Gasteiger partial charge in [-0.1, -0.05) is 60.7 Å². The molecule has 6 rings (SSSR count). The summed E-state index contributed by atoms with van der Waals surface area (Å²) in [6, 6.07) is 18.6. The van der Waals surface area contributed by atoms with Gasteiger partial charge in [-0.3, -0.25) is 14.5 Å². The Morgan fingerprint density at radius 3 is 2.31 bits per heavy atom. The molecular weight excluding hydrogens is 404 g/mol. The lowest BCUT2D eigenvalue weighted by Gasteiger charge is -2.58. The summed E-state index contributed by atoms with van der Waals surface area (Å²) in [4.78, 5) is 43.7. The number of carbonyl (C=O) groups excluding carboxylic acids is 3. The van der Waals surface area contributed by atoms with Gasteiger partial charge in [-0.05, 0) is 31.5 Å². The molecule has 2 saturated heterocycles. The molecule has 3 amide bonds. The Balaban J connectivity index is 1.66. The van der Waals surface area contributed by atoms with E-state index in [0.29, 0.717) is 12.1 Å². The molecule has 4 aliphatic rings. The third-order valence-electron chi connectivity index (χ3n) is 7.13. The van der Waals surface area contributed by atoms with Crippen LogP contribution >= 0.6 is 0 Å². The van der Waals surface area contributed by atoms with Gasteiger partial charge in [-0.25, -0.2) is 9.69 Å². The lowest BCUT2D eigenvalue weighted by Crippen LogP contribution is -2.70. The van der Waals surface area contributed by atoms with Crippen LogP contribution in [0.4, 0.5) is 10.5 Å². The quantitative estimate of drug-likeness (QED) is 0.546. The van der Waals surface area contributed by atoms with Crippen molar-refractivity contribution in [2.45, 2.75) is 31.8 Å². The van der Waals surface area contributed by atoms with Crippen molar-refractivity contribution in [3.63, 3.8) is 0 Å². The number of rotatable bonds is 4. The molecule has 0 radical (unpaired) electrons. The highest BCUT2D eigenvalue weighted by Crippen LogP contribution is 2.55. The number of para-hydroxylation sites is 1. The number of fused-ring (bicyclic) bond motifs is 1. The Bertz CT molecular complexity index is 1080. The van der Waals surface area contributed by atoms with Gasteiger partial charge in [0.2, 0.25) is 11.8 Å². The number of imide groups is 1. The third-order valence-corrected chi connectivity index (χ3v) is 7.13. The standard InChI is InChI=1S/C26H26N2O4/c1-3-32-25(31)28-17(2)20-14-15-26(28,16-18-10-6-4-7-11-18)22-21(20)23(29)27(24(22)30)19-12-8-5-9-13-19/h4-15,17,20-22H,3,16H2,1-2H3/t17-,20+,21+,22-,26-/m1/s1. The summed E-state index contributed by atoms with van der Waals surface area (Å²) in [6.07, 6.45) is 4.00. The van der Waals surface area contributed by atoms with E-state index in [4.69, 9.17) is 4.74 Å². The SMILES string of the molecule is CCOC(=O)N1[C@H](C)[C@@H]2C=C[C@@]1(Cc1ccccc1)[C@H]1C(=O)N(c3ccccc3)C(=O)[C@@H]21. The maximum atomic E-state index is 13.9. The third kappa shape index (κ3) is 2.82. The van der Waals surface area contributed by atoms with E-state index in [0.717, 1.165) is 5.56 Å². The number of hydrogen-bond donors (Lipinski definition) is 0. The number of anilines is 1. The Labute approximate surface area is 187 Å². The molecule has 2 aromatic rings. The minimum atomic E-state index is -0.970. The van der Waals surface area contributed by atoms with Crippen molar-refractivity contribution in [1.29, 1.82) is 0 Å². The lowest BCUT2D eigenvalue weighted by atomic mass is 9.58. The van der Waals surface area contributed by atoms with Crippen molar-refractivity contribution in [2.75, 3.05) is 11.5 Å². The zero-order valence-corrected chi connectivity index (χ0v) is 18.2. The van der Waals surface area contributed by atoms with Gasteiger partial charge in [0, 0.05) is 18.4 Å². The first kappa shape index (κ1) is 20.5. The van der Waals surface area contributed by atoms with Gasteiger partial charge >= 0.3 is 6.09 Å². The van der Waals surface area contributed by atoms with Gasteiger partial charge in [-0.15, -0.1) is 0 Å². The maximum Gasteiger partial charge on any atom is 0.410 e. The van der Waals surface area contributed by atoms with Crippen LogP contribution in [-0.4, -0.2) is 41.0 Å². The van der Waals surface area contributed by atoms with E-state index < -0.39 is 23.5 Å². The van der Waals surface area contributed by atoms with Crippen molar-refractivity contribution in [2.24, 2.45) is 17.8 Å². The van der Waals surface area contributed by atoms with Crippen LogP contribution in [0.1, 0.15) is 19.4 Å². The van der Waals surface area contributed by atoms with Crippen LogP contribution in [0.25, 0.3) is 0 Å². The van der Waals surface area contributed by atoms with E-state index in [1.54, 1.807) is 24.0 Å². The van der Waals surface area contributed by atoms with Gasteiger partial charge in [0.1, 0.15) is 0 Å². The van der Waals surface area contributed by atoms with Gasteiger partial charge < -0.3 is 4.74 Å². The predicted octanol–water partition coefficient (Wildman–Crippen LogP) is 3.82. The topological polar surface area (TPSA) is 66.9 Å². The fourth-order valence-electron chi connectivity index (χ4n) is 5.89. The second-order valence-electron chi connectivity index (χ2n) is 8.75. The summed E-state index contributed by atoms with van der Waals surface area (Å²) in [5.74, 6) is -1.85. The normalized spacial score (nSPS) is 30.6. The highest BCUT2D eigenvalue weighted by molar-refractivity contribution is 6.23. The van der Waals surface area contributed by atoms with Gasteiger partial charge in [0.15, 0.2) is 0 Å². The zero-order chi connectivity index (χ0) is 22.5. The molecule has 2 bridgehead atoms. The van der Waals surface area contributed by atoms with Crippen molar-refractivity contribution in [3.8, 4) is 0 Å². The molecule has 1 aliphatic carbocycles. The monoisotopic (exact) mass is 430 g/mol. The van der Waals surface area contributed by atoms with E-state index in [1.165, 1.54) is 4.90 Å². The van der Waals surface area contributed by atoms with E-state index in [9.17, 15) is 14.4 Å². The van der Waals surface area contributed by atoms with Crippen LogP contribution in [-0.2, 0) is 20.7 Å². The second-order valence-corrected chi connectivity index (χ2v) is 8.75. The van der Waals surface area contributed by atoms with E-state index >= 15 is 0 Å². The number of amides is 3. The number of hydrogen-bond acceptors (Lipinski definition) is 4. The Hall–Kier alpha value is -3.41. The predicted molar refractivity (Wildman–Crippen MR) is 120 cm³/mol. The molecule has 0 aromatic heterocycles. The molecule has 6 nitrogen and oxygen atoms in total. The number of benzene rings is 2. The highest BCUT2D eigenvalue weighted by atomic mass is 16.6. The molecule has 0 spiro atoms. The Morgan fingerprint density at radius 2 is 1.66 bits per heavy atom. The molecule has 3 aliphatic heterocycles. The molecule has 0 N–H and O–H groups in total. The summed E-state index contributed by atoms with van der Waals surface area (Å²) in [7, 11) is 0. The summed E-state index contributed by atoms with van der Waals surface area (Å²) < 4.78 is 5.43. The molecule has 5 atom stereocenters. The minimum Gasteiger partial charge on any atom is -0.450 e. The van der Waals surface area contributed by atoms with Crippen molar-refractivity contribution in [3.05, 3.63) is 78.4 Å². The summed E-state index contributed by atoms with van der Waals surface area (Å²) in [5.41, 5.74) is 0.598. The second kappa shape index (κ2) is 7.62. The number of ether oxygens (including phenoxy) is 1. The summed E-state index contributed by atoms with van der Waals surface area (Å²) in [6.45, 7) is 3.97. The largest absolute Gasteiger partial charge is 0.450 e. The van der Waals surface area contributed by atoms with E-state index in [2.05, 4.69) is 0 Å². The van der Waals surface area contributed by atoms with Crippen LogP contribution in [0.2, 0.25) is 0 Å². The van der Waals surface area contributed by atoms with Crippen LogP contribution in [0.5, 0.6) is 0 Å². The summed E-state index contributed by atoms with van der Waals surface area (Å²) in [5, 5.41) is 0. The fourth-order valence-corrected chi connectivity index (χ4v) is 5.89.